The molecule has 1 amide bonds. The Hall–Kier alpha value is -1.59. The average Bonchev–Trinajstić information content (AvgIpc) is 2.94. The number of rotatable bonds is 4. The van der Waals surface area contributed by atoms with Gasteiger partial charge in [0.15, 0.2) is 0 Å². The van der Waals surface area contributed by atoms with Crippen LogP contribution < -0.4 is 10.6 Å². The summed E-state index contributed by atoms with van der Waals surface area (Å²) in [7, 11) is 0. The maximum atomic E-state index is 12.1. The Balaban J connectivity index is 2.11. The number of anilines is 1. The molecule has 0 saturated carbocycles. The zero-order valence-corrected chi connectivity index (χ0v) is 12.9. The summed E-state index contributed by atoms with van der Waals surface area (Å²) in [4.78, 5) is 24.0. The second kappa shape index (κ2) is 6.91. The monoisotopic (exact) mass is 310 g/mol. The molecule has 2 rings (SSSR count). The van der Waals surface area contributed by atoms with E-state index in [-0.39, 0.29) is 17.9 Å². The third-order valence-electron chi connectivity index (χ3n) is 3.23. The summed E-state index contributed by atoms with van der Waals surface area (Å²) in [6.07, 6.45) is 0.606. The molecule has 0 radical (unpaired) electrons. The largest absolute Gasteiger partial charge is 0.459 e. The van der Waals surface area contributed by atoms with Gasteiger partial charge in [0.2, 0.25) is 5.91 Å². The number of amides is 1. The van der Waals surface area contributed by atoms with Crippen LogP contribution in [0, 0.1) is 5.92 Å². The molecule has 114 valence electrons. The molecule has 1 fully saturated rings. The van der Waals surface area contributed by atoms with Crippen LogP contribution in [-0.2, 0) is 9.53 Å². The summed E-state index contributed by atoms with van der Waals surface area (Å²) in [5.41, 5.74) is 0.805. The lowest BCUT2D eigenvalue weighted by molar-refractivity contribution is -0.119. The number of hydrogen-bond acceptors (Lipinski definition) is 4. The van der Waals surface area contributed by atoms with Crippen molar-refractivity contribution in [3.8, 4) is 0 Å². The Morgan fingerprint density at radius 2 is 2.19 bits per heavy atom. The average molecular weight is 311 g/mol. The van der Waals surface area contributed by atoms with E-state index in [2.05, 4.69) is 10.6 Å². The first-order valence-electron chi connectivity index (χ1n) is 6.99. The molecule has 1 heterocycles. The summed E-state index contributed by atoms with van der Waals surface area (Å²) in [5, 5.41) is 6.32. The first kappa shape index (κ1) is 15.8. The minimum atomic E-state index is -0.431. The zero-order valence-electron chi connectivity index (χ0n) is 12.1. The van der Waals surface area contributed by atoms with Crippen molar-refractivity contribution in [2.75, 3.05) is 18.4 Å². The van der Waals surface area contributed by atoms with Crippen LogP contribution in [0.2, 0.25) is 5.02 Å². The second-order valence-corrected chi connectivity index (χ2v) is 5.73. The van der Waals surface area contributed by atoms with Crippen molar-refractivity contribution >= 4 is 29.2 Å². The summed E-state index contributed by atoms with van der Waals surface area (Å²) in [5.74, 6) is -0.580. The van der Waals surface area contributed by atoms with Crippen molar-refractivity contribution in [2.24, 2.45) is 5.92 Å². The predicted octanol–water partition coefficient (Wildman–Crippen LogP) is 2.45. The highest BCUT2D eigenvalue weighted by Crippen LogP contribution is 2.25. The van der Waals surface area contributed by atoms with Crippen molar-refractivity contribution in [1.29, 1.82) is 0 Å². The molecular formula is C15H19ClN2O3. The zero-order chi connectivity index (χ0) is 15.4. The van der Waals surface area contributed by atoms with Crippen LogP contribution in [0.1, 0.15) is 30.6 Å². The lowest BCUT2D eigenvalue weighted by Crippen LogP contribution is -2.25. The van der Waals surface area contributed by atoms with Gasteiger partial charge in [-0.25, -0.2) is 4.79 Å². The van der Waals surface area contributed by atoms with Crippen molar-refractivity contribution in [2.45, 2.75) is 26.4 Å². The van der Waals surface area contributed by atoms with Gasteiger partial charge in [0.1, 0.15) is 0 Å². The summed E-state index contributed by atoms with van der Waals surface area (Å²) >= 11 is 6.07. The van der Waals surface area contributed by atoms with Gasteiger partial charge in [0.05, 0.1) is 28.3 Å². The molecule has 1 aliphatic heterocycles. The van der Waals surface area contributed by atoms with Crippen LogP contribution in [0.4, 0.5) is 5.69 Å². The Bertz CT molecular complexity index is 540. The fourth-order valence-corrected chi connectivity index (χ4v) is 2.31. The van der Waals surface area contributed by atoms with Crippen LogP contribution in [0.3, 0.4) is 0 Å². The fraction of sp³-hybridized carbons (Fsp3) is 0.467. The number of esters is 1. The van der Waals surface area contributed by atoms with Gasteiger partial charge in [0.25, 0.3) is 0 Å². The van der Waals surface area contributed by atoms with Crippen molar-refractivity contribution < 1.29 is 14.3 Å². The van der Waals surface area contributed by atoms with Gasteiger partial charge in [0, 0.05) is 6.54 Å². The predicted molar refractivity (Wildman–Crippen MR) is 81.6 cm³/mol. The van der Waals surface area contributed by atoms with Gasteiger partial charge in [-0.15, -0.1) is 0 Å². The Kier molecular flexibility index (Phi) is 5.20. The maximum Gasteiger partial charge on any atom is 0.338 e. The molecule has 1 atom stereocenters. The molecule has 1 saturated heterocycles. The molecule has 0 spiro atoms. The normalized spacial score (nSPS) is 17.8. The van der Waals surface area contributed by atoms with E-state index in [0.717, 1.165) is 13.0 Å². The third kappa shape index (κ3) is 4.19. The summed E-state index contributed by atoms with van der Waals surface area (Å²) < 4.78 is 5.13. The van der Waals surface area contributed by atoms with E-state index >= 15 is 0 Å². The van der Waals surface area contributed by atoms with Gasteiger partial charge >= 0.3 is 5.97 Å². The quantitative estimate of drug-likeness (QED) is 0.838. The van der Waals surface area contributed by atoms with Gasteiger partial charge in [-0.2, -0.15) is 0 Å². The highest BCUT2D eigenvalue weighted by atomic mass is 35.5. The molecule has 21 heavy (non-hydrogen) atoms. The first-order chi connectivity index (χ1) is 9.97. The van der Waals surface area contributed by atoms with Crippen molar-refractivity contribution in [3.63, 3.8) is 0 Å². The number of ether oxygens (including phenoxy) is 1. The van der Waals surface area contributed by atoms with Crippen LogP contribution >= 0.6 is 11.6 Å². The Morgan fingerprint density at radius 3 is 2.81 bits per heavy atom. The van der Waals surface area contributed by atoms with Gasteiger partial charge in [-0.05, 0) is 45.0 Å². The first-order valence-corrected chi connectivity index (χ1v) is 7.37. The summed E-state index contributed by atoms with van der Waals surface area (Å²) in [6.45, 7) is 5.07. The van der Waals surface area contributed by atoms with Gasteiger partial charge in [-0.1, -0.05) is 11.6 Å². The third-order valence-corrected chi connectivity index (χ3v) is 3.56. The topological polar surface area (TPSA) is 67.4 Å². The number of nitrogens with one attached hydrogen (secondary N) is 2. The van der Waals surface area contributed by atoms with E-state index in [1.807, 2.05) is 0 Å². The van der Waals surface area contributed by atoms with Crippen LogP contribution in [0.15, 0.2) is 18.2 Å². The van der Waals surface area contributed by atoms with E-state index in [1.54, 1.807) is 32.0 Å². The molecule has 6 heteroatoms. The smallest absolute Gasteiger partial charge is 0.338 e. The van der Waals surface area contributed by atoms with Gasteiger partial charge < -0.3 is 15.4 Å². The number of carbonyl (C=O) groups excluding carboxylic acids is 2. The minimum Gasteiger partial charge on any atom is -0.459 e. The summed E-state index contributed by atoms with van der Waals surface area (Å²) in [6, 6.07) is 4.72. The minimum absolute atomic E-state index is 0.0626. The standard InChI is InChI=1S/C15H19ClN2O3/c1-9(2)21-15(20)10-3-4-12(16)13(7-10)18-14(19)11-5-6-17-8-11/h3-4,7,9,11,17H,5-6,8H2,1-2H3,(H,18,19)/t11-/m1/s1. The molecule has 1 aromatic carbocycles. The maximum absolute atomic E-state index is 12.1. The lowest BCUT2D eigenvalue weighted by atomic mass is 10.1. The van der Waals surface area contributed by atoms with E-state index in [4.69, 9.17) is 16.3 Å². The fourth-order valence-electron chi connectivity index (χ4n) is 2.14. The van der Waals surface area contributed by atoms with Crippen LogP contribution in [-0.4, -0.2) is 31.1 Å². The molecule has 1 aromatic rings. The SMILES string of the molecule is CC(C)OC(=O)c1ccc(Cl)c(NC(=O)[C@@H]2CCNC2)c1. The molecule has 0 bridgehead atoms. The highest BCUT2D eigenvalue weighted by molar-refractivity contribution is 6.33. The van der Waals surface area contributed by atoms with E-state index < -0.39 is 5.97 Å². The molecule has 5 nitrogen and oxygen atoms in total. The molecule has 0 unspecified atom stereocenters. The molecule has 0 aliphatic carbocycles. The second-order valence-electron chi connectivity index (χ2n) is 5.33. The number of benzene rings is 1. The molecule has 0 aromatic heterocycles. The van der Waals surface area contributed by atoms with E-state index in [9.17, 15) is 9.59 Å². The molecule has 2 N–H and O–H groups in total. The van der Waals surface area contributed by atoms with Crippen molar-refractivity contribution in [3.05, 3.63) is 28.8 Å². The van der Waals surface area contributed by atoms with E-state index in [0.29, 0.717) is 22.8 Å². The number of hydrogen-bond donors (Lipinski definition) is 2. The lowest BCUT2D eigenvalue weighted by Gasteiger charge is -2.13. The van der Waals surface area contributed by atoms with Crippen molar-refractivity contribution in [1.82, 2.24) is 5.32 Å². The number of carbonyl (C=O) groups is 2. The Labute approximate surface area is 129 Å². The van der Waals surface area contributed by atoms with Gasteiger partial charge in [-0.3, -0.25) is 4.79 Å². The number of halogens is 1. The van der Waals surface area contributed by atoms with Crippen LogP contribution in [0.25, 0.3) is 0 Å². The molecular weight excluding hydrogens is 292 g/mol. The van der Waals surface area contributed by atoms with Crippen LogP contribution in [0.5, 0.6) is 0 Å². The highest BCUT2D eigenvalue weighted by Gasteiger charge is 2.23. The molecule has 1 aliphatic rings. The van der Waals surface area contributed by atoms with E-state index in [1.165, 1.54) is 0 Å². The Morgan fingerprint density at radius 1 is 1.43 bits per heavy atom.